The van der Waals surface area contributed by atoms with Crippen LogP contribution in [0.1, 0.15) is 19.9 Å². The number of ether oxygens (including phenoxy) is 1. The van der Waals surface area contributed by atoms with Crippen molar-refractivity contribution >= 4 is 22.5 Å². The van der Waals surface area contributed by atoms with Crippen molar-refractivity contribution < 1.29 is 4.74 Å². The minimum Gasteiger partial charge on any atom is -0.495 e. The zero-order valence-electron chi connectivity index (χ0n) is 8.99. The third-order valence-electron chi connectivity index (χ3n) is 2.35. The molecule has 0 aliphatic carbocycles. The van der Waals surface area contributed by atoms with Crippen LogP contribution >= 0.6 is 11.6 Å². The molecule has 4 heteroatoms. The fourth-order valence-electron chi connectivity index (χ4n) is 1.48. The summed E-state index contributed by atoms with van der Waals surface area (Å²) in [5, 5.41) is 5.99. The summed E-state index contributed by atoms with van der Waals surface area (Å²) in [6, 6.07) is 4.08. The maximum absolute atomic E-state index is 6.18. The summed E-state index contributed by atoms with van der Waals surface area (Å²) in [4.78, 5) is 0. The largest absolute Gasteiger partial charge is 0.495 e. The summed E-state index contributed by atoms with van der Waals surface area (Å²) in [6.07, 6.45) is 1.95. The Morgan fingerprint density at radius 3 is 2.73 bits per heavy atom. The van der Waals surface area contributed by atoms with E-state index in [1.807, 2.05) is 23.0 Å². The van der Waals surface area contributed by atoms with E-state index in [1.165, 1.54) is 0 Å². The molecule has 0 fully saturated rings. The van der Waals surface area contributed by atoms with E-state index in [0.29, 0.717) is 16.8 Å². The fraction of sp³-hybridized carbons (Fsp3) is 0.364. The molecule has 80 valence electrons. The molecule has 0 bridgehead atoms. The maximum Gasteiger partial charge on any atom is 0.138 e. The van der Waals surface area contributed by atoms with E-state index in [-0.39, 0.29) is 0 Å². The highest BCUT2D eigenvalue weighted by Gasteiger charge is 2.10. The first-order chi connectivity index (χ1) is 7.13. The number of methoxy groups -OCH3 is 1. The van der Waals surface area contributed by atoms with Gasteiger partial charge in [0.25, 0.3) is 0 Å². The summed E-state index contributed by atoms with van der Waals surface area (Å²) >= 11 is 6.18. The number of halogens is 1. The SMILES string of the molecule is COc1ccc2nn(C(C)C)cc2c1Cl. The summed E-state index contributed by atoms with van der Waals surface area (Å²) < 4.78 is 7.05. The van der Waals surface area contributed by atoms with Crippen LogP contribution in [0.3, 0.4) is 0 Å². The molecule has 0 aliphatic heterocycles. The van der Waals surface area contributed by atoms with Crippen molar-refractivity contribution in [2.45, 2.75) is 19.9 Å². The van der Waals surface area contributed by atoms with Crippen LogP contribution in [0.15, 0.2) is 18.3 Å². The van der Waals surface area contributed by atoms with Crippen molar-refractivity contribution in [1.29, 1.82) is 0 Å². The molecule has 15 heavy (non-hydrogen) atoms. The first-order valence-corrected chi connectivity index (χ1v) is 5.22. The van der Waals surface area contributed by atoms with E-state index >= 15 is 0 Å². The summed E-state index contributed by atoms with van der Waals surface area (Å²) in [7, 11) is 1.61. The zero-order valence-corrected chi connectivity index (χ0v) is 9.75. The normalized spacial score (nSPS) is 11.3. The molecule has 1 aromatic heterocycles. The van der Waals surface area contributed by atoms with Gasteiger partial charge in [0.1, 0.15) is 5.75 Å². The highest BCUT2D eigenvalue weighted by atomic mass is 35.5. The number of fused-ring (bicyclic) bond motifs is 1. The van der Waals surface area contributed by atoms with Crippen molar-refractivity contribution in [1.82, 2.24) is 9.78 Å². The molecule has 0 atom stereocenters. The van der Waals surface area contributed by atoms with Crippen LogP contribution < -0.4 is 4.74 Å². The van der Waals surface area contributed by atoms with Crippen LogP contribution in [0.4, 0.5) is 0 Å². The first-order valence-electron chi connectivity index (χ1n) is 4.85. The molecule has 2 rings (SSSR count). The smallest absolute Gasteiger partial charge is 0.138 e. The van der Waals surface area contributed by atoms with Gasteiger partial charge < -0.3 is 4.74 Å². The minimum absolute atomic E-state index is 0.333. The van der Waals surface area contributed by atoms with Crippen LogP contribution in [0.25, 0.3) is 10.9 Å². The molecule has 0 saturated heterocycles. The molecule has 0 amide bonds. The van der Waals surface area contributed by atoms with Gasteiger partial charge in [0.15, 0.2) is 0 Å². The number of nitrogens with zero attached hydrogens (tertiary/aromatic N) is 2. The molecule has 0 unspecified atom stereocenters. The number of rotatable bonds is 2. The molecule has 0 saturated carbocycles. The summed E-state index contributed by atoms with van der Waals surface area (Å²) in [6.45, 7) is 4.16. The summed E-state index contributed by atoms with van der Waals surface area (Å²) in [5.41, 5.74) is 0.898. The van der Waals surface area contributed by atoms with Gasteiger partial charge in [-0.2, -0.15) is 5.10 Å². The van der Waals surface area contributed by atoms with Gasteiger partial charge in [-0.25, -0.2) is 0 Å². The molecule has 2 aromatic rings. The number of aromatic nitrogens is 2. The third kappa shape index (κ3) is 1.67. The van der Waals surface area contributed by atoms with Gasteiger partial charge in [-0.3, -0.25) is 4.68 Å². The molecule has 0 aliphatic rings. The van der Waals surface area contributed by atoms with E-state index in [4.69, 9.17) is 16.3 Å². The molecule has 1 heterocycles. The van der Waals surface area contributed by atoms with Crippen molar-refractivity contribution in [3.05, 3.63) is 23.4 Å². The number of hydrogen-bond donors (Lipinski definition) is 0. The lowest BCUT2D eigenvalue weighted by Gasteiger charge is -2.02. The second-order valence-corrected chi connectivity index (χ2v) is 4.10. The monoisotopic (exact) mass is 224 g/mol. The Bertz CT molecular complexity index is 491. The molecular formula is C11H13ClN2O. The Kier molecular flexibility index (Phi) is 2.57. The van der Waals surface area contributed by atoms with Crippen molar-refractivity contribution in [3.8, 4) is 5.75 Å². The zero-order chi connectivity index (χ0) is 11.0. The molecule has 0 radical (unpaired) electrons. The lowest BCUT2D eigenvalue weighted by molar-refractivity contribution is 0.415. The van der Waals surface area contributed by atoms with Gasteiger partial charge in [0.2, 0.25) is 0 Å². The number of benzene rings is 1. The minimum atomic E-state index is 0.333. The Hall–Kier alpha value is -1.22. The molecular weight excluding hydrogens is 212 g/mol. The quantitative estimate of drug-likeness (QED) is 0.783. The van der Waals surface area contributed by atoms with Crippen molar-refractivity contribution in [2.24, 2.45) is 0 Å². The third-order valence-corrected chi connectivity index (χ3v) is 2.74. The van der Waals surface area contributed by atoms with Crippen LogP contribution in [-0.2, 0) is 0 Å². The Labute approximate surface area is 93.6 Å². The van der Waals surface area contributed by atoms with Crippen LogP contribution in [-0.4, -0.2) is 16.9 Å². The van der Waals surface area contributed by atoms with Gasteiger partial charge in [-0.1, -0.05) is 11.6 Å². The Balaban J connectivity index is 2.66. The van der Waals surface area contributed by atoms with E-state index in [9.17, 15) is 0 Å². The predicted molar refractivity (Wildman–Crippen MR) is 61.7 cm³/mol. The fourth-order valence-corrected chi connectivity index (χ4v) is 1.77. The van der Waals surface area contributed by atoms with Crippen molar-refractivity contribution in [3.63, 3.8) is 0 Å². The standard InChI is InChI=1S/C11H13ClN2O/c1-7(2)14-6-8-9(13-14)4-5-10(15-3)11(8)12/h4-7H,1-3H3. The second-order valence-electron chi connectivity index (χ2n) is 3.72. The molecule has 3 nitrogen and oxygen atoms in total. The van der Waals surface area contributed by atoms with Gasteiger partial charge in [-0.15, -0.1) is 0 Å². The van der Waals surface area contributed by atoms with Crippen LogP contribution in [0.2, 0.25) is 5.02 Å². The first kappa shape index (κ1) is 10.3. The molecule has 0 spiro atoms. The van der Waals surface area contributed by atoms with Gasteiger partial charge >= 0.3 is 0 Å². The number of hydrogen-bond acceptors (Lipinski definition) is 2. The van der Waals surface area contributed by atoms with Crippen LogP contribution in [0.5, 0.6) is 5.75 Å². The average molecular weight is 225 g/mol. The highest BCUT2D eigenvalue weighted by molar-refractivity contribution is 6.36. The lowest BCUT2D eigenvalue weighted by atomic mass is 10.2. The second kappa shape index (κ2) is 3.74. The average Bonchev–Trinajstić information content (AvgIpc) is 2.63. The topological polar surface area (TPSA) is 27.1 Å². The van der Waals surface area contributed by atoms with Crippen LogP contribution in [0, 0.1) is 0 Å². The van der Waals surface area contributed by atoms with Gasteiger partial charge in [0.05, 0.1) is 17.6 Å². The van der Waals surface area contributed by atoms with E-state index in [0.717, 1.165) is 10.9 Å². The predicted octanol–water partition coefficient (Wildman–Crippen LogP) is 3.28. The molecule has 1 aromatic carbocycles. The Morgan fingerprint density at radius 1 is 1.40 bits per heavy atom. The molecule has 0 N–H and O–H groups in total. The lowest BCUT2D eigenvalue weighted by Crippen LogP contribution is -1.99. The maximum atomic E-state index is 6.18. The van der Waals surface area contributed by atoms with Crippen molar-refractivity contribution in [2.75, 3.05) is 7.11 Å². The Morgan fingerprint density at radius 2 is 2.13 bits per heavy atom. The highest BCUT2D eigenvalue weighted by Crippen LogP contribution is 2.32. The van der Waals surface area contributed by atoms with Gasteiger partial charge in [-0.05, 0) is 26.0 Å². The van der Waals surface area contributed by atoms with Gasteiger partial charge in [0, 0.05) is 17.6 Å². The van der Waals surface area contributed by atoms with E-state index < -0.39 is 0 Å². The van der Waals surface area contributed by atoms with E-state index in [1.54, 1.807) is 7.11 Å². The van der Waals surface area contributed by atoms with E-state index in [2.05, 4.69) is 18.9 Å². The summed E-state index contributed by atoms with van der Waals surface area (Å²) in [5.74, 6) is 0.687.